The lowest BCUT2D eigenvalue weighted by Crippen LogP contribution is -2.03. The number of aryl methyl sites for hydroxylation is 2. The molecule has 0 amide bonds. The third-order valence-corrected chi connectivity index (χ3v) is 2.54. The maximum atomic E-state index is 13.6. The van der Waals surface area contributed by atoms with Crippen molar-refractivity contribution in [2.75, 3.05) is 0 Å². The second-order valence-electron chi connectivity index (χ2n) is 3.86. The second-order valence-corrected chi connectivity index (χ2v) is 3.86. The zero-order valence-electron chi connectivity index (χ0n) is 9.44. The lowest BCUT2D eigenvalue weighted by Gasteiger charge is -2.05. The lowest BCUT2D eigenvalue weighted by molar-refractivity contribution is 0.0691. The van der Waals surface area contributed by atoms with Crippen molar-refractivity contribution in [3.8, 4) is 11.1 Å². The largest absolute Gasteiger partial charge is 0.478 e. The van der Waals surface area contributed by atoms with E-state index in [0.29, 0.717) is 11.1 Å². The highest BCUT2D eigenvalue weighted by Gasteiger charge is 2.15. The van der Waals surface area contributed by atoms with Crippen molar-refractivity contribution < 1.29 is 14.3 Å². The maximum Gasteiger partial charge on any atom is 0.338 e. The van der Waals surface area contributed by atoms with E-state index in [1.165, 1.54) is 6.07 Å². The molecule has 0 unspecified atom stereocenters. The molecule has 4 nitrogen and oxygen atoms in total. The molecule has 1 aromatic heterocycles. The Labute approximate surface area is 97.3 Å². The van der Waals surface area contributed by atoms with Gasteiger partial charge in [-0.2, -0.15) is 5.10 Å². The highest BCUT2D eigenvalue weighted by Crippen LogP contribution is 2.24. The van der Waals surface area contributed by atoms with Gasteiger partial charge in [-0.25, -0.2) is 9.18 Å². The van der Waals surface area contributed by atoms with Crippen molar-refractivity contribution in [2.24, 2.45) is 7.05 Å². The van der Waals surface area contributed by atoms with Crippen LogP contribution in [0.15, 0.2) is 24.5 Å². The topological polar surface area (TPSA) is 55.1 Å². The Balaban J connectivity index is 2.56. The van der Waals surface area contributed by atoms with Crippen LogP contribution in [0.3, 0.4) is 0 Å². The monoisotopic (exact) mass is 234 g/mol. The van der Waals surface area contributed by atoms with Crippen LogP contribution in [0, 0.1) is 12.7 Å². The Morgan fingerprint density at radius 3 is 2.59 bits per heavy atom. The Bertz CT molecular complexity index is 567. The van der Waals surface area contributed by atoms with Gasteiger partial charge >= 0.3 is 5.97 Å². The lowest BCUT2D eigenvalue weighted by atomic mass is 10.0. The third kappa shape index (κ3) is 2.04. The van der Waals surface area contributed by atoms with Crippen molar-refractivity contribution in [1.29, 1.82) is 0 Å². The Kier molecular flexibility index (Phi) is 2.67. The van der Waals surface area contributed by atoms with Crippen molar-refractivity contribution in [3.05, 3.63) is 41.5 Å². The van der Waals surface area contributed by atoms with Crippen LogP contribution in [0.1, 0.15) is 15.9 Å². The van der Waals surface area contributed by atoms with Gasteiger partial charge in [0.25, 0.3) is 0 Å². The molecule has 2 aromatic rings. The first-order valence-electron chi connectivity index (χ1n) is 5.01. The number of nitrogens with zero attached hydrogens (tertiary/aromatic N) is 2. The van der Waals surface area contributed by atoms with E-state index in [1.54, 1.807) is 37.1 Å². The van der Waals surface area contributed by atoms with Crippen molar-refractivity contribution in [1.82, 2.24) is 9.78 Å². The predicted molar refractivity (Wildman–Crippen MR) is 60.3 cm³/mol. The molecule has 0 saturated heterocycles. The van der Waals surface area contributed by atoms with Gasteiger partial charge in [0.2, 0.25) is 0 Å². The first-order chi connectivity index (χ1) is 7.99. The van der Waals surface area contributed by atoms with Gasteiger partial charge in [0.15, 0.2) is 0 Å². The highest BCUT2D eigenvalue weighted by molar-refractivity contribution is 5.90. The van der Waals surface area contributed by atoms with E-state index in [0.717, 1.165) is 5.56 Å². The van der Waals surface area contributed by atoms with Crippen LogP contribution in [0.2, 0.25) is 0 Å². The smallest absolute Gasteiger partial charge is 0.338 e. The Morgan fingerprint density at radius 1 is 1.41 bits per heavy atom. The van der Waals surface area contributed by atoms with E-state index in [9.17, 15) is 9.18 Å². The fourth-order valence-corrected chi connectivity index (χ4v) is 1.75. The number of benzene rings is 1. The molecule has 1 heterocycles. The number of halogens is 1. The average Bonchev–Trinajstić information content (AvgIpc) is 2.63. The van der Waals surface area contributed by atoms with Gasteiger partial charge in [-0.15, -0.1) is 0 Å². The molecule has 0 atom stereocenters. The standard InChI is InChI=1S/C12H11FN2O2/c1-7-3-8(9-5-14-15(2)6-9)4-10(13)11(7)12(16)17/h3-6H,1-2H3,(H,16,17). The van der Waals surface area contributed by atoms with Crippen LogP contribution in [-0.2, 0) is 7.05 Å². The molecule has 88 valence electrons. The fraction of sp³-hybridized carbons (Fsp3) is 0.167. The summed E-state index contributed by atoms with van der Waals surface area (Å²) >= 11 is 0. The summed E-state index contributed by atoms with van der Waals surface area (Å²) in [7, 11) is 1.76. The molecule has 17 heavy (non-hydrogen) atoms. The summed E-state index contributed by atoms with van der Waals surface area (Å²) in [5, 5.41) is 12.8. The normalized spacial score (nSPS) is 10.5. The van der Waals surface area contributed by atoms with E-state index in [1.807, 2.05) is 0 Å². The summed E-state index contributed by atoms with van der Waals surface area (Å²) in [6.07, 6.45) is 3.35. The minimum atomic E-state index is -1.25. The number of hydrogen-bond donors (Lipinski definition) is 1. The van der Waals surface area contributed by atoms with Gasteiger partial charge in [-0.1, -0.05) is 6.07 Å². The summed E-state index contributed by atoms with van der Waals surface area (Å²) < 4.78 is 15.3. The molecule has 0 saturated carbocycles. The van der Waals surface area contributed by atoms with Crippen LogP contribution < -0.4 is 0 Å². The van der Waals surface area contributed by atoms with E-state index in [-0.39, 0.29) is 5.56 Å². The highest BCUT2D eigenvalue weighted by atomic mass is 19.1. The van der Waals surface area contributed by atoms with Gasteiger partial charge in [-0.3, -0.25) is 4.68 Å². The molecule has 0 aliphatic rings. The zero-order valence-corrected chi connectivity index (χ0v) is 9.44. The molecule has 0 spiro atoms. The number of carboxylic acids is 1. The Hall–Kier alpha value is -2.17. The minimum Gasteiger partial charge on any atom is -0.478 e. The van der Waals surface area contributed by atoms with Crippen LogP contribution in [0.4, 0.5) is 4.39 Å². The number of hydrogen-bond acceptors (Lipinski definition) is 2. The number of carbonyl (C=O) groups is 1. The summed E-state index contributed by atoms with van der Waals surface area (Å²) in [4.78, 5) is 10.8. The molecule has 2 rings (SSSR count). The minimum absolute atomic E-state index is 0.280. The van der Waals surface area contributed by atoms with Crippen molar-refractivity contribution in [2.45, 2.75) is 6.92 Å². The van der Waals surface area contributed by atoms with Crippen LogP contribution >= 0.6 is 0 Å². The third-order valence-electron chi connectivity index (χ3n) is 2.54. The van der Waals surface area contributed by atoms with Crippen LogP contribution in [0.25, 0.3) is 11.1 Å². The Morgan fingerprint density at radius 2 is 2.12 bits per heavy atom. The molecule has 0 fully saturated rings. The van der Waals surface area contributed by atoms with Crippen LogP contribution in [-0.4, -0.2) is 20.9 Å². The molecule has 0 radical (unpaired) electrons. The quantitative estimate of drug-likeness (QED) is 0.866. The zero-order chi connectivity index (χ0) is 12.6. The number of aromatic carboxylic acids is 1. The molecule has 1 N–H and O–H groups in total. The van der Waals surface area contributed by atoms with Crippen LogP contribution in [0.5, 0.6) is 0 Å². The fourth-order valence-electron chi connectivity index (χ4n) is 1.75. The number of aromatic nitrogens is 2. The molecule has 0 aliphatic carbocycles. The van der Waals surface area contributed by atoms with Gasteiger partial charge in [0, 0.05) is 18.8 Å². The summed E-state index contributed by atoms with van der Waals surface area (Å²) in [5.74, 6) is -1.98. The average molecular weight is 234 g/mol. The second kappa shape index (κ2) is 4.01. The first kappa shape index (κ1) is 11.3. The number of carboxylic acid groups (broad SMARTS) is 1. The first-order valence-corrected chi connectivity index (χ1v) is 5.01. The van der Waals surface area contributed by atoms with E-state index in [4.69, 9.17) is 5.11 Å². The molecular formula is C12H11FN2O2. The summed E-state index contributed by atoms with van der Waals surface area (Å²) in [6.45, 7) is 1.58. The van der Waals surface area contributed by atoms with Crippen molar-refractivity contribution in [3.63, 3.8) is 0 Å². The SMILES string of the molecule is Cc1cc(-c2cnn(C)c2)cc(F)c1C(=O)O. The molecule has 1 aromatic carbocycles. The maximum absolute atomic E-state index is 13.6. The molecule has 0 bridgehead atoms. The van der Waals surface area contributed by atoms with Gasteiger partial charge in [-0.05, 0) is 24.1 Å². The van der Waals surface area contributed by atoms with E-state index in [2.05, 4.69) is 5.10 Å². The van der Waals surface area contributed by atoms with Crippen molar-refractivity contribution >= 4 is 5.97 Å². The van der Waals surface area contributed by atoms with Gasteiger partial charge in [0.1, 0.15) is 5.82 Å². The van der Waals surface area contributed by atoms with Gasteiger partial charge in [0.05, 0.1) is 11.8 Å². The van der Waals surface area contributed by atoms with E-state index < -0.39 is 11.8 Å². The molecule has 0 aliphatic heterocycles. The van der Waals surface area contributed by atoms with Gasteiger partial charge < -0.3 is 5.11 Å². The molecule has 5 heteroatoms. The van der Waals surface area contributed by atoms with E-state index >= 15 is 0 Å². The summed E-state index contributed by atoms with van der Waals surface area (Å²) in [6, 6.07) is 2.86. The summed E-state index contributed by atoms with van der Waals surface area (Å²) in [5.41, 5.74) is 1.50. The predicted octanol–water partition coefficient (Wildman–Crippen LogP) is 2.23. The number of rotatable bonds is 2. The molecular weight excluding hydrogens is 223 g/mol.